The van der Waals surface area contributed by atoms with Gasteiger partial charge in [0.2, 0.25) is 0 Å². The van der Waals surface area contributed by atoms with Crippen molar-refractivity contribution in [2.75, 3.05) is 0 Å². The van der Waals surface area contributed by atoms with E-state index in [0.29, 0.717) is 5.46 Å². The Hall–Kier alpha value is -0.0951. The predicted molar refractivity (Wildman–Crippen MR) is 48.1 cm³/mol. The Labute approximate surface area is 72.7 Å². The third-order valence-corrected chi connectivity index (χ3v) is 1.86. The molecule has 0 spiro atoms. The molecule has 10 heavy (non-hydrogen) atoms. The first-order chi connectivity index (χ1) is 4.74. The van der Waals surface area contributed by atoms with Crippen LogP contribution in [0.3, 0.4) is 0 Å². The van der Waals surface area contributed by atoms with E-state index < -0.39 is 0 Å². The van der Waals surface area contributed by atoms with E-state index in [9.17, 15) is 4.39 Å². The second-order valence-electron chi connectivity index (χ2n) is 1.89. The van der Waals surface area contributed by atoms with Crippen molar-refractivity contribution in [1.82, 2.24) is 0 Å². The predicted octanol–water partition coefficient (Wildman–Crippen LogP) is 0.399. The normalized spacial score (nSPS) is 9.50. The molecular weight excluding hydrogens is 245 g/mol. The van der Waals surface area contributed by atoms with Gasteiger partial charge in [0.05, 0.1) is 0 Å². The molecule has 0 aliphatic heterocycles. The Morgan fingerprint density at radius 2 is 2.20 bits per heavy atom. The van der Waals surface area contributed by atoms with Crippen LogP contribution in [0.4, 0.5) is 4.39 Å². The molecular formula is C6H5BFIO. The minimum atomic E-state index is -0.339. The second kappa shape index (κ2) is 3.34. The van der Waals surface area contributed by atoms with E-state index in [1.165, 1.54) is 6.07 Å². The SMILES string of the molecule is OBc1ccc(I)cc1F. The first-order valence-corrected chi connectivity index (χ1v) is 3.86. The molecule has 1 nitrogen and oxygen atoms in total. The van der Waals surface area contributed by atoms with Crippen LogP contribution in [-0.4, -0.2) is 12.5 Å². The smallest absolute Gasteiger partial charge is 0.307 e. The third-order valence-electron chi connectivity index (χ3n) is 1.19. The molecule has 0 saturated carbocycles. The Kier molecular flexibility index (Phi) is 2.68. The fourth-order valence-corrected chi connectivity index (χ4v) is 1.10. The van der Waals surface area contributed by atoms with Crippen LogP contribution in [0.5, 0.6) is 0 Å². The van der Waals surface area contributed by atoms with Crippen molar-refractivity contribution in [3.63, 3.8) is 0 Å². The molecule has 4 heteroatoms. The van der Waals surface area contributed by atoms with Crippen molar-refractivity contribution >= 4 is 35.5 Å². The summed E-state index contributed by atoms with van der Waals surface area (Å²) in [5.74, 6) is -0.339. The van der Waals surface area contributed by atoms with Gasteiger partial charge in [0.1, 0.15) is 5.82 Å². The molecule has 1 aromatic carbocycles. The summed E-state index contributed by atoms with van der Waals surface area (Å²) in [5, 5.41) is 8.57. The Bertz CT molecular complexity index is 241. The maximum atomic E-state index is 12.7. The highest BCUT2D eigenvalue weighted by Crippen LogP contribution is 2.03. The van der Waals surface area contributed by atoms with Crippen molar-refractivity contribution in [1.29, 1.82) is 0 Å². The summed E-state index contributed by atoms with van der Waals surface area (Å²) in [7, 11) is -0.233. The van der Waals surface area contributed by atoms with Gasteiger partial charge in [-0.15, -0.1) is 0 Å². The topological polar surface area (TPSA) is 20.2 Å². The van der Waals surface area contributed by atoms with Gasteiger partial charge in [0.25, 0.3) is 0 Å². The average molecular weight is 250 g/mol. The summed E-state index contributed by atoms with van der Waals surface area (Å²) >= 11 is 2.02. The van der Waals surface area contributed by atoms with Gasteiger partial charge in [-0.3, -0.25) is 0 Å². The molecule has 52 valence electrons. The summed E-state index contributed by atoms with van der Waals surface area (Å²) < 4.78 is 13.5. The molecule has 0 heterocycles. The van der Waals surface area contributed by atoms with E-state index in [1.807, 2.05) is 22.6 Å². The zero-order valence-corrected chi connectivity index (χ0v) is 7.30. The van der Waals surface area contributed by atoms with Gasteiger partial charge in [-0.25, -0.2) is 4.39 Å². The first kappa shape index (κ1) is 8.01. The van der Waals surface area contributed by atoms with Crippen LogP contribution in [-0.2, 0) is 0 Å². The molecule has 0 unspecified atom stereocenters. The van der Waals surface area contributed by atoms with Gasteiger partial charge >= 0.3 is 7.48 Å². The molecule has 0 radical (unpaired) electrons. The molecule has 1 N–H and O–H groups in total. The monoisotopic (exact) mass is 250 g/mol. The molecule has 0 atom stereocenters. The van der Waals surface area contributed by atoms with E-state index >= 15 is 0 Å². The lowest BCUT2D eigenvalue weighted by Gasteiger charge is -1.96. The van der Waals surface area contributed by atoms with Gasteiger partial charge in [-0.1, -0.05) is 6.07 Å². The average Bonchev–Trinajstić information content (AvgIpc) is 1.88. The highest BCUT2D eigenvalue weighted by atomic mass is 127. The van der Waals surface area contributed by atoms with Gasteiger partial charge in [0, 0.05) is 3.57 Å². The van der Waals surface area contributed by atoms with Crippen LogP contribution in [0.15, 0.2) is 18.2 Å². The van der Waals surface area contributed by atoms with Crippen LogP contribution in [0.1, 0.15) is 0 Å². The highest BCUT2D eigenvalue weighted by Gasteiger charge is 2.00. The van der Waals surface area contributed by atoms with Crippen molar-refractivity contribution in [2.24, 2.45) is 0 Å². The summed E-state index contributed by atoms with van der Waals surface area (Å²) in [5.41, 5.74) is 0.348. The van der Waals surface area contributed by atoms with Gasteiger partial charge in [-0.05, 0) is 40.2 Å². The summed E-state index contributed by atoms with van der Waals surface area (Å²) in [4.78, 5) is 0. The lowest BCUT2D eigenvalue weighted by atomic mass is 9.88. The van der Waals surface area contributed by atoms with Crippen LogP contribution < -0.4 is 5.46 Å². The largest absolute Gasteiger partial charge is 0.449 e. The molecule has 1 aromatic rings. The van der Waals surface area contributed by atoms with E-state index in [2.05, 4.69) is 0 Å². The summed E-state index contributed by atoms with van der Waals surface area (Å²) in [6.45, 7) is 0. The number of rotatable bonds is 1. The van der Waals surface area contributed by atoms with E-state index in [1.54, 1.807) is 12.1 Å². The van der Waals surface area contributed by atoms with Crippen molar-refractivity contribution in [3.05, 3.63) is 27.6 Å². The van der Waals surface area contributed by atoms with Crippen molar-refractivity contribution in [2.45, 2.75) is 0 Å². The maximum absolute atomic E-state index is 12.7. The van der Waals surface area contributed by atoms with E-state index in [4.69, 9.17) is 5.02 Å². The number of hydrogen-bond acceptors (Lipinski definition) is 1. The summed E-state index contributed by atoms with van der Waals surface area (Å²) in [6.07, 6.45) is 0. The highest BCUT2D eigenvalue weighted by molar-refractivity contribution is 14.1. The van der Waals surface area contributed by atoms with Gasteiger partial charge < -0.3 is 5.02 Å². The number of halogens is 2. The molecule has 0 amide bonds. The Morgan fingerprint density at radius 3 is 2.70 bits per heavy atom. The molecule has 0 fully saturated rings. The number of benzene rings is 1. The van der Waals surface area contributed by atoms with Gasteiger partial charge in [-0.2, -0.15) is 0 Å². The molecule has 0 aliphatic carbocycles. The Balaban J connectivity index is 3.07. The maximum Gasteiger partial charge on any atom is 0.307 e. The standard InChI is InChI=1S/C6H5BFIO/c8-6-3-4(9)1-2-5(6)7-10/h1-3,7,10H. The zero-order valence-electron chi connectivity index (χ0n) is 5.14. The van der Waals surface area contributed by atoms with Crippen LogP contribution in [0.2, 0.25) is 0 Å². The molecule has 0 aliphatic rings. The number of hydrogen-bond donors (Lipinski definition) is 1. The third kappa shape index (κ3) is 1.70. The zero-order chi connectivity index (χ0) is 7.56. The van der Waals surface area contributed by atoms with Crippen molar-refractivity contribution < 1.29 is 9.41 Å². The lowest BCUT2D eigenvalue weighted by molar-refractivity contribution is 0.602. The van der Waals surface area contributed by atoms with E-state index in [0.717, 1.165) is 3.57 Å². The quantitative estimate of drug-likeness (QED) is 0.565. The molecule has 0 aromatic heterocycles. The molecule has 0 saturated heterocycles. The van der Waals surface area contributed by atoms with Crippen LogP contribution >= 0.6 is 22.6 Å². The Morgan fingerprint density at radius 1 is 1.50 bits per heavy atom. The van der Waals surface area contributed by atoms with Crippen LogP contribution in [0.25, 0.3) is 0 Å². The minimum absolute atomic E-state index is 0.233. The lowest BCUT2D eigenvalue weighted by Crippen LogP contribution is -2.17. The van der Waals surface area contributed by atoms with Gasteiger partial charge in [0.15, 0.2) is 0 Å². The fourth-order valence-electron chi connectivity index (χ4n) is 0.650. The molecule has 0 bridgehead atoms. The minimum Gasteiger partial charge on any atom is -0.449 e. The molecule has 1 rings (SSSR count). The van der Waals surface area contributed by atoms with E-state index in [-0.39, 0.29) is 13.3 Å². The van der Waals surface area contributed by atoms with Crippen molar-refractivity contribution in [3.8, 4) is 0 Å². The second-order valence-corrected chi connectivity index (χ2v) is 3.14. The van der Waals surface area contributed by atoms with Crippen LogP contribution in [0, 0.1) is 9.39 Å². The summed E-state index contributed by atoms with van der Waals surface area (Å²) in [6, 6.07) is 4.73. The fraction of sp³-hybridized carbons (Fsp3) is 0. The first-order valence-electron chi connectivity index (χ1n) is 2.79.